The minimum Gasteiger partial charge on any atom is -0.311 e. The van der Waals surface area contributed by atoms with Gasteiger partial charge in [0.2, 0.25) is 0 Å². The van der Waals surface area contributed by atoms with E-state index in [1.165, 1.54) is 0 Å². The van der Waals surface area contributed by atoms with Crippen LogP contribution in [0.15, 0.2) is 6.20 Å². The van der Waals surface area contributed by atoms with E-state index in [1.54, 1.807) is 0 Å². The van der Waals surface area contributed by atoms with E-state index in [1.807, 2.05) is 10.9 Å². The molecule has 0 unspecified atom stereocenters. The third kappa shape index (κ3) is 3.55. The first-order valence-electron chi connectivity index (χ1n) is 4.96. The monoisotopic (exact) mass is 182 g/mol. The van der Waals surface area contributed by atoms with Gasteiger partial charge in [-0.15, -0.1) is 5.10 Å². The summed E-state index contributed by atoms with van der Waals surface area (Å²) in [4.78, 5) is 0. The van der Waals surface area contributed by atoms with E-state index in [0.29, 0.717) is 0 Å². The van der Waals surface area contributed by atoms with Gasteiger partial charge >= 0.3 is 0 Å². The van der Waals surface area contributed by atoms with Gasteiger partial charge in [-0.05, 0) is 19.4 Å². The summed E-state index contributed by atoms with van der Waals surface area (Å²) >= 11 is 0. The van der Waals surface area contributed by atoms with Gasteiger partial charge < -0.3 is 5.32 Å². The van der Waals surface area contributed by atoms with Crippen molar-refractivity contribution in [2.75, 3.05) is 6.54 Å². The Morgan fingerprint density at radius 3 is 2.92 bits per heavy atom. The highest BCUT2D eigenvalue weighted by Gasteiger charge is 1.98. The molecule has 0 spiro atoms. The van der Waals surface area contributed by atoms with Gasteiger partial charge in [0.25, 0.3) is 0 Å². The number of aromatic nitrogens is 3. The fraction of sp³-hybridized carbons (Fsp3) is 0.778. The van der Waals surface area contributed by atoms with E-state index in [0.717, 1.165) is 38.2 Å². The average molecular weight is 182 g/mol. The summed E-state index contributed by atoms with van der Waals surface area (Å²) in [6.07, 6.45) is 4.26. The van der Waals surface area contributed by atoms with Gasteiger partial charge in [-0.2, -0.15) is 0 Å². The number of hydrogen-bond donors (Lipinski definition) is 1. The minimum atomic E-state index is 0.831. The highest BCUT2D eigenvalue weighted by molar-refractivity contribution is 4.91. The molecule has 4 nitrogen and oxygen atoms in total. The zero-order valence-electron chi connectivity index (χ0n) is 8.45. The molecular formula is C9H18N4. The van der Waals surface area contributed by atoms with Crippen LogP contribution in [0, 0.1) is 0 Å². The van der Waals surface area contributed by atoms with E-state index in [4.69, 9.17) is 0 Å². The summed E-state index contributed by atoms with van der Waals surface area (Å²) in [7, 11) is 0. The first-order chi connectivity index (χ1) is 6.36. The Kier molecular flexibility index (Phi) is 4.46. The molecule has 4 heteroatoms. The summed E-state index contributed by atoms with van der Waals surface area (Å²) in [5.74, 6) is 0. The Morgan fingerprint density at radius 2 is 2.23 bits per heavy atom. The molecule has 0 fully saturated rings. The highest BCUT2D eigenvalue weighted by atomic mass is 15.4. The first-order valence-corrected chi connectivity index (χ1v) is 4.96. The number of nitrogens with zero attached hydrogens (tertiary/aromatic N) is 3. The lowest BCUT2D eigenvalue weighted by Crippen LogP contribution is -2.13. The van der Waals surface area contributed by atoms with Crippen molar-refractivity contribution >= 4 is 0 Å². The van der Waals surface area contributed by atoms with Gasteiger partial charge in [0, 0.05) is 19.3 Å². The summed E-state index contributed by atoms with van der Waals surface area (Å²) < 4.78 is 1.89. The second-order valence-corrected chi connectivity index (χ2v) is 3.15. The molecule has 13 heavy (non-hydrogen) atoms. The highest BCUT2D eigenvalue weighted by Crippen LogP contribution is 1.93. The zero-order chi connectivity index (χ0) is 9.52. The quantitative estimate of drug-likeness (QED) is 0.672. The predicted molar refractivity (Wildman–Crippen MR) is 52.3 cm³/mol. The van der Waals surface area contributed by atoms with Crippen LogP contribution in [0.2, 0.25) is 0 Å². The van der Waals surface area contributed by atoms with E-state index in [-0.39, 0.29) is 0 Å². The molecule has 0 amide bonds. The van der Waals surface area contributed by atoms with Crippen LogP contribution in [-0.4, -0.2) is 21.5 Å². The lowest BCUT2D eigenvalue weighted by atomic mass is 10.4. The third-order valence-electron chi connectivity index (χ3n) is 1.77. The van der Waals surface area contributed by atoms with Crippen molar-refractivity contribution in [3.63, 3.8) is 0 Å². The Morgan fingerprint density at radius 1 is 1.38 bits per heavy atom. The minimum absolute atomic E-state index is 0.831. The van der Waals surface area contributed by atoms with Crippen LogP contribution in [0.4, 0.5) is 0 Å². The fourth-order valence-electron chi connectivity index (χ4n) is 1.15. The lowest BCUT2D eigenvalue weighted by molar-refractivity contribution is 0.578. The molecule has 1 N–H and O–H groups in total. The van der Waals surface area contributed by atoms with E-state index < -0.39 is 0 Å². The maximum Gasteiger partial charge on any atom is 0.0964 e. The maximum absolute atomic E-state index is 4.06. The van der Waals surface area contributed by atoms with Crippen LogP contribution in [0.25, 0.3) is 0 Å². The lowest BCUT2D eigenvalue weighted by Gasteiger charge is -1.97. The van der Waals surface area contributed by atoms with Crippen molar-refractivity contribution < 1.29 is 0 Å². The molecule has 1 heterocycles. The largest absolute Gasteiger partial charge is 0.311 e. The standard InChI is InChI=1S/C9H18N4/c1-3-5-10-7-9-8-13(6-4-2)12-11-9/h8,10H,3-7H2,1-2H3. The summed E-state index contributed by atoms with van der Waals surface area (Å²) in [6, 6.07) is 0. The molecule has 74 valence electrons. The summed E-state index contributed by atoms with van der Waals surface area (Å²) in [5, 5.41) is 11.4. The second kappa shape index (κ2) is 5.70. The SMILES string of the molecule is CCCNCc1cn(CCC)nn1. The van der Waals surface area contributed by atoms with E-state index in [9.17, 15) is 0 Å². The van der Waals surface area contributed by atoms with Crippen molar-refractivity contribution in [2.45, 2.75) is 39.8 Å². The summed E-state index contributed by atoms with van der Waals surface area (Å²) in [5.41, 5.74) is 1.03. The van der Waals surface area contributed by atoms with Crippen LogP contribution >= 0.6 is 0 Å². The van der Waals surface area contributed by atoms with Gasteiger partial charge in [0.15, 0.2) is 0 Å². The maximum atomic E-state index is 4.06. The Bertz CT molecular complexity index is 231. The topological polar surface area (TPSA) is 42.7 Å². The van der Waals surface area contributed by atoms with Crippen LogP contribution in [-0.2, 0) is 13.1 Å². The smallest absolute Gasteiger partial charge is 0.0964 e. The molecule has 1 aromatic heterocycles. The van der Waals surface area contributed by atoms with Crippen LogP contribution < -0.4 is 5.32 Å². The van der Waals surface area contributed by atoms with Crippen LogP contribution in [0.1, 0.15) is 32.4 Å². The Hall–Kier alpha value is -0.900. The zero-order valence-corrected chi connectivity index (χ0v) is 8.45. The number of aryl methyl sites for hydroxylation is 1. The van der Waals surface area contributed by atoms with Gasteiger partial charge in [0.05, 0.1) is 5.69 Å². The Balaban J connectivity index is 2.31. The fourth-order valence-corrected chi connectivity index (χ4v) is 1.15. The molecule has 1 aromatic rings. The molecule has 0 aliphatic carbocycles. The van der Waals surface area contributed by atoms with Crippen molar-refractivity contribution in [3.8, 4) is 0 Å². The molecule has 0 bridgehead atoms. The molecule has 0 atom stereocenters. The van der Waals surface area contributed by atoms with E-state index >= 15 is 0 Å². The van der Waals surface area contributed by atoms with Crippen molar-refractivity contribution in [1.82, 2.24) is 20.3 Å². The number of hydrogen-bond acceptors (Lipinski definition) is 3. The van der Waals surface area contributed by atoms with Crippen molar-refractivity contribution in [3.05, 3.63) is 11.9 Å². The van der Waals surface area contributed by atoms with E-state index in [2.05, 4.69) is 29.5 Å². The van der Waals surface area contributed by atoms with Crippen molar-refractivity contribution in [2.24, 2.45) is 0 Å². The molecule has 0 aliphatic rings. The third-order valence-corrected chi connectivity index (χ3v) is 1.77. The van der Waals surface area contributed by atoms with Gasteiger partial charge in [-0.1, -0.05) is 19.1 Å². The number of nitrogens with one attached hydrogen (secondary N) is 1. The summed E-state index contributed by atoms with van der Waals surface area (Å²) in [6.45, 7) is 7.12. The van der Waals surface area contributed by atoms with Gasteiger partial charge in [-0.25, -0.2) is 0 Å². The van der Waals surface area contributed by atoms with Crippen LogP contribution in [0.3, 0.4) is 0 Å². The number of rotatable bonds is 6. The second-order valence-electron chi connectivity index (χ2n) is 3.15. The molecule has 0 aromatic carbocycles. The van der Waals surface area contributed by atoms with Gasteiger partial charge in [0.1, 0.15) is 0 Å². The Labute approximate surface area is 79.3 Å². The molecule has 0 radical (unpaired) electrons. The van der Waals surface area contributed by atoms with Gasteiger partial charge in [-0.3, -0.25) is 4.68 Å². The normalized spacial score (nSPS) is 10.6. The molecule has 0 saturated carbocycles. The molecular weight excluding hydrogens is 164 g/mol. The predicted octanol–water partition coefficient (Wildman–Crippen LogP) is 1.19. The van der Waals surface area contributed by atoms with Crippen molar-refractivity contribution in [1.29, 1.82) is 0 Å². The average Bonchev–Trinajstić information content (AvgIpc) is 2.54. The molecule has 0 aliphatic heterocycles. The molecule has 0 saturated heterocycles. The van der Waals surface area contributed by atoms with Crippen LogP contribution in [0.5, 0.6) is 0 Å². The molecule has 1 rings (SSSR count). The first kappa shape index (κ1) is 10.2.